The zero-order valence-electron chi connectivity index (χ0n) is 21.9. The molecule has 4 aromatic carbocycles. The van der Waals surface area contributed by atoms with Crippen molar-refractivity contribution in [2.75, 3.05) is 7.11 Å². The van der Waals surface area contributed by atoms with Crippen molar-refractivity contribution in [1.82, 2.24) is 14.5 Å². The second-order valence-electron chi connectivity index (χ2n) is 9.45. The minimum absolute atomic E-state index is 0.0967. The number of rotatable bonds is 8. The van der Waals surface area contributed by atoms with E-state index in [0.717, 1.165) is 22.3 Å². The summed E-state index contributed by atoms with van der Waals surface area (Å²) in [6.45, 7) is 2.79. The van der Waals surface area contributed by atoms with Crippen LogP contribution in [0.4, 0.5) is 0 Å². The van der Waals surface area contributed by atoms with E-state index >= 15 is 0 Å². The SMILES string of the molecule is COc1ccccc1CNC(=O)c1ccc(Cn2c(=O)c3ccccc3n(Cc3ccc(C)cc3)c2=O)cc1. The summed E-state index contributed by atoms with van der Waals surface area (Å²) in [6, 6.07) is 29.6. The molecule has 5 rings (SSSR count). The lowest BCUT2D eigenvalue weighted by molar-refractivity contribution is 0.0950. The van der Waals surface area contributed by atoms with E-state index in [2.05, 4.69) is 5.32 Å². The lowest BCUT2D eigenvalue weighted by atomic mass is 10.1. The van der Waals surface area contributed by atoms with Crippen LogP contribution in [0, 0.1) is 6.92 Å². The summed E-state index contributed by atoms with van der Waals surface area (Å²) in [5, 5.41) is 3.39. The van der Waals surface area contributed by atoms with Gasteiger partial charge in [-0.15, -0.1) is 0 Å². The molecule has 1 aromatic heterocycles. The fraction of sp³-hybridized carbons (Fsp3) is 0.156. The molecule has 39 heavy (non-hydrogen) atoms. The maximum atomic E-state index is 13.6. The number of fused-ring (bicyclic) bond motifs is 1. The third kappa shape index (κ3) is 5.52. The summed E-state index contributed by atoms with van der Waals surface area (Å²) in [6.07, 6.45) is 0. The molecule has 0 aliphatic carbocycles. The van der Waals surface area contributed by atoms with Crippen LogP contribution in [0.3, 0.4) is 0 Å². The van der Waals surface area contributed by atoms with E-state index < -0.39 is 0 Å². The Bertz CT molecular complexity index is 1750. The molecule has 1 N–H and O–H groups in total. The number of carbonyl (C=O) groups is 1. The Morgan fingerprint density at radius 3 is 2.10 bits per heavy atom. The summed E-state index contributed by atoms with van der Waals surface area (Å²) in [5.74, 6) is 0.484. The van der Waals surface area contributed by atoms with Crippen LogP contribution in [0.15, 0.2) is 107 Å². The number of amides is 1. The van der Waals surface area contributed by atoms with E-state index in [1.54, 1.807) is 54.1 Å². The number of para-hydroxylation sites is 2. The molecule has 0 aliphatic rings. The predicted molar refractivity (Wildman–Crippen MR) is 152 cm³/mol. The van der Waals surface area contributed by atoms with Crippen molar-refractivity contribution >= 4 is 16.8 Å². The van der Waals surface area contributed by atoms with Crippen molar-refractivity contribution in [3.8, 4) is 5.75 Å². The zero-order valence-corrected chi connectivity index (χ0v) is 21.9. The summed E-state index contributed by atoms with van der Waals surface area (Å²) in [4.78, 5) is 39.6. The number of hydrogen-bond acceptors (Lipinski definition) is 4. The van der Waals surface area contributed by atoms with Gasteiger partial charge in [-0.3, -0.25) is 18.7 Å². The van der Waals surface area contributed by atoms with Gasteiger partial charge in [-0.25, -0.2) is 4.79 Å². The van der Waals surface area contributed by atoms with Crippen molar-refractivity contribution < 1.29 is 9.53 Å². The van der Waals surface area contributed by atoms with E-state index in [4.69, 9.17) is 4.74 Å². The highest BCUT2D eigenvalue weighted by Crippen LogP contribution is 2.17. The molecular weight excluding hydrogens is 490 g/mol. The molecule has 0 spiro atoms. The Kier molecular flexibility index (Phi) is 7.41. The van der Waals surface area contributed by atoms with Crippen molar-refractivity contribution in [3.63, 3.8) is 0 Å². The Labute approximate surface area is 225 Å². The summed E-state index contributed by atoms with van der Waals surface area (Å²) < 4.78 is 8.24. The number of methoxy groups -OCH3 is 1. The molecule has 0 bridgehead atoms. The molecule has 0 saturated carbocycles. The monoisotopic (exact) mass is 519 g/mol. The minimum Gasteiger partial charge on any atom is -0.496 e. The van der Waals surface area contributed by atoms with Crippen LogP contribution in [0.5, 0.6) is 5.75 Å². The van der Waals surface area contributed by atoms with E-state index in [-0.39, 0.29) is 23.7 Å². The quantitative estimate of drug-likeness (QED) is 0.327. The maximum absolute atomic E-state index is 13.6. The van der Waals surface area contributed by atoms with Gasteiger partial charge >= 0.3 is 5.69 Å². The molecule has 0 aliphatic heterocycles. The number of benzene rings is 4. The van der Waals surface area contributed by atoms with E-state index in [1.807, 2.05) is 61.5 Å². The molecule has 196 valence electrons. The molecule has 5 aromatic rings. The highest BCUT2D eigenvalue weighted by atomic mass is 16.5. The molecule has 0 saturated heterocycles. The lowest BCUT2D eigenvalue weighted by Crippen LogP contribution is -2.40. The highest BCUT2D eigenvalue weighted by Gasteiger charge is 2.14. The highest BCUT2D eigenvalue weighted by molar-refractivity contribution is 5.94. The van der Waals surface area contributed by atoms with Gasteiger partial charge in [0.15, 0.2) is 0 Å². The van der Waals surface area contributed by atoms with Gasteiger partial charge in [0, 0.05) is 17.7 Å². The fourth-order valence-electron chi connectivity index (χ4n) is 4.61. The Balaban J connectivity index is 1.39. The Morgan fingerprint density at radius 1 is 0.769 bits per heavy atom. The number of nitrogens with one attached hydrogen (secondary N) is 1. The van der Waals surface area contributed by atoms with E-state index in [9.17, 15) is 14.4 Å². The van der Waals surface area contributed by atoms with Crippen LogP contribution in [-0.4, -0.2) is 22.2 Å². The topological polar surface area (TPSA) is 82.3 Å². The summed E-state index contributed by atoms with van der Waals surface area (Å²) in [7, 11) is 1.59. The number of hydrogen-bond donors (Lipinski definition) is 1. The molecular formula is C32H29N3O4. The van der Waals surface area contributed by atoms with Crippen LogP contribution in [0.1, 0.15) is 32.6 Å². The second kappa shape index (κ2) is 11.2. The van der Waals surface area contributed by atoms with Gasteiger partial charge in [-0.2, -0.15) is 0 Å². The Hall–Kier alpha value is -4.91. The van der Waals surface area contributed by atoms with Gasteiger partial charge < -0.3 is 10.1 Å². The minimum atomic E-state index is -0.377. The van der Waals surface area contributed by atoms with Crippen LogP contribution in [-0.2, 0) is 19.6 Å². The summed E-state index contributed by atoms with van der Waals surface area (Å²) >= 11 is 0. The van der Waals surface area contributed by atoms with Gasteiger partial charge in [-0.1, -0.05) is 72.3 Å². The molecule has 7 heteroatoms. The predicted octanol–water partition coefficient (Wildman–Crippen LogP) is 4.51. The third-order valence-corrected chi connectivity index (χ3v) is 6.78. The van der Waals surface area contributed by atoms with Crippen LogP contribution in [0.2, 0.25) is 0 Å². The first kappa shape index (κ1) is 25.7. The maximum Gasteiger partial charge on any atom is 0.332 e. The van der Waals surface area contributed by atoms with Crippen molar-refractivity contribution in [1.29, 1.82) is 0 Å². The average molecular weight is 520 g/mol. The number of aromatic nitrogens is 2. The molecule has 0 atom stereocenters. The van der Waals surface area contributed by atoms with Crippen LogP contribution in [0.25, 0.3) is 10.9 Å². The number of carbonyl (C=O) groups excluding carboxylic acids is 1. The first-order valence-electron chi connectivity index (χ1n) is 12.7. The zero-order chi connectivity index (χ0) is 27.4. The summed E-state index contributed by atoms with van der Waals surface area (Å²) in [5.41, 5.74) is 4.10. The van der Waals surface area contributed by atoms with Gasteiger partial charge in [0.05, 0.1) is 31.1 Å². The van der Waals surface area contributed by atoms with Crippen molar-refractivity contribution in [2.24, 2.45) is 0 Å². The molecule has 1 heterocycles. The second-order valence-corrected chi connectivity index (χ2v) is 9.45. The number of nitrogens with zero attached hydrogens (tertiary/aromatic N) is 2. The normalized spacial score (nSPS) is 10.9. The molecule has 7 nitrogen and oxygen atoms in total. The lowest BCUT2D eigenvalue weighted by Gasteiger charge is -2.15. The fourth-order valence-corrected chi connectivity index (χ4v) is 4.61. The molecule has 0 radical (unpaired) electrons. The molecule has 0 fully saturated rings. The third-order valence-electron chi connectivity index (χ3n) is 6.78. The average Bonchev–Trinajstić information content (AvgIpc) is 2.97. The molecule has 1 amide bonds. The first-order chi connectivity index (χ1) is 18.9. The largest absolute Gasteiger partial charge is 0.496 e. The molecule has 0 unspecified atom stereocenters. The number of aryl methyl sites for hydroxylation is 1. The first-order valence-corrected chi connectivity index (χ1v) is 12.7. The van der Waals surface area contributed by atoms with Gasteiger partial charge in [0.25, 0.3) is 11.5 Å². The van der Waals surface area contributed by atoms with E-state index in [1.165, 1.54) is 4.57 Å². The Morgan fingerprint density at radius 2 is 1.38 bits per heavy atom. The number of ether oxygens (including phenoxy) is 1. The van der Waals surface area contributed by atoms with Crippen LogP contribution < -0.4 is 21.3 Å². The van der Waals surface area contributed by atoms with Gasteiger partial charge in [-0.05, 0) is 48.4 Å². The van der Waals surface area contributed by atoms with Crippen molar-refractivity contribution in [3.05, 3.63) is 146 Å². The standard InChI is InChI=1S/C32H29N3O4/c1-22-11-13-23(14-12-22)20-34-28-9-5-4-8-27(28)31(37)35(32(34)38)21-24-15-17-25(18-16-24)30(36)33-19-26-7-3-6-10-29(26)39-2/h3-18H,19-21H2,1-2H3,(H,33,36). The van der Waals surface area contributed by atoms with E-state index in [0.29, 0.717) is 35.3 Å². The van der Waals surface area contributed by atoms with Gasteiger partial charge in [0.2, 0.25) is 0 Å². The van der Waals surface area contributed by atoms with Gasteiger partial charge in [0.1, 0.15) is 5.75 Å². The van der Waals surface area contributed by atoms with Crippen LogP contribution >= 0.6 is 0 Å². The smallest absolute Gasteiger partial charge is 0.332 e. The van der Waals surface area contributed by atoms with Crippen molar-refractivity contribution in [2.45, 2.75) is 26.6 Å².